The predicted molar refractivity (Wildman–Crippen MR) is 92.5 cm³/mol. The van der Waals surface area contributed by atoms with Crippen molar-refractivity contribution in [3.8, 4) is 5.75 Å². The first-order chi connectivity index (χ1) is 10.8. The predicted octanol–water partition coefficient (Wildman–Crippen LogP) is 3.72. The summed E-state index contributed by atoms with van der Waals surface area (Å²) in [5.41, 5.74) is 5.46. The van der Waals surface area contributed by atoms with Gasteiger partial charge in [0.15, 0.2) is 5.75 Å². The van der Waals surface area contributed by atoms with Gasteiger partial charge in [0.25, 0.3) is 5.56 Å². The van der Waals surface area contributed by atoms with Crippen molar-refractivity contribution >= 4 is 0 Å². The fourth-order valence-corrected chi connectivity index (χ4v) is 2.47. The Morgan fingerprint density at radius 2 is 1.77 bits per heavy atom. The molecule has 0 fully saturated rings. The molecule has 0 amide bonds. The van der Waals surface area contributed by atoms with Gasteiger partial charge in [-0.25, -0.2) is 0 Å². The Morgan fingerprint density at radius 1 is 1.05 bits per heavy atom. The zero-order valence-electron chi connectivity index (χ0n) is 14.1. The zero-order valence-corrected chi connectivity index (χ0v) is 14.1. The van der Waals surface area contributed by atoms with Crippen LogP contribution in [-0.2, 0) is 6.54 Å². The molecule has 1 rings (SSSR count). The summed E-state index contributed by atoms with van der Waals surface area (Å²) < 4.78 is 7.37. The Bertz CT molecular complexity index is 443. The van der Waals surface area contributed by atoms with Crippen LogP contribution in [0.1, 0.15) is 64.7 Å². The first kappa shape index (κ1) is 18.8. The van der Waals surface area contributed by atoms with Crippen LogP contribution in [0.4, 0.5) is 0 Å². The van der Waals surface area contributed by atoms with Crippen LogP contribution >= 0.6 is 0 Å². The summed E-state index contributed by atoms with van der Waals surface area (Å²) in [5, 5.41) is 0. The molecule has 0 saturated carbocycles. The van der Waals surface area contributed by atoms with Crippen molar-refractivity contribution in [2.24, 2.45) is 5.73 Å². The maximum atomic E-state index is 12.2. The number of ether oxygens (including phenoxy) is 1. The van der Waals surface area contributed by atoms with E-state index < -0.39 is 0 Å². The van der Waals surface area contributed by atoms with Gasteiger partial charge in [0.1, 0.15) is 0 Å². The number of hydrogen-bond donors (Lipinski definition) is 1. The molecule has 0 aromatic carbocycles. The van der Waals surface area contributed by atoms with Gasteiger partial charge in [0.05, 0.1) is 6.61 Å². The third-order valence-corrected chi connectivity index (χ3v) is 3.84. The first-order valence-electron chi connectivity index (χ1n) is 8.82. The molecule has 0 bridgehead atoms. The van der Waals surface area contributed by atoms with E-state index in [0.29, 0.717) is 25.4 Å². The third-order valence-electron chi connectivity index (χ3n) is 3.84. The highest BCUT2D eigenvalue weighted by atomic mass is 16.5. The minimum atomic E-state index is -0.0255. The number of pyridine rings is 1. The number of nitrogens with zero attached hydrogens (tertiary/aromatic N) is 1. The maximum absolute atomic E-state index is 12.2. The van der Waals surface area contributed by atoms with E-state index in [4.69, 9.17) is 10.5 Å². The molecule has 0 aliphatic heterocycles. The lowest BCUT2D eigenvalue weighted by molar-refractivity contribution is 0.297. The molecule has 1 aromatic heterocycles. The van der Waals surface area contributed by atoms with Gasteiger partial charge in [0.2, 0.25) is 0 Å². The highest BCUT2D eigenvalue weighted by molar-refractivity contribution is 5.17. The van der Waals surface area contributed by atoms with E-state index in [1.807, 2.05) is 12.3 Å². The molecule has 0 unspecified atom stereocenters. The van der Waals surface area contributed by atoms with Gasteiger partial charge in [-0.15, -0.1) is 0 Å². The van der Waals surface area contributed by atoms with Gasteiger partial charge in [-0.3, -0.25) is 4.79 Å². The van der Waals surface area contributed by atoms with E-state index in [1.54, 1.807) is 10.6 Å². The van der Waals surface area contributed by atoms with Crippen LogP contribution < -0.4 is 16.0 Å². The van der Waals surface area contributed by atoms with Crippen molar-refractivity contribution in [3.63, 3.8) is 0 Å². The smallest absolute Gasteiger partial charge is 0.292 e. The van der Waals surface area contributed by atoms with Crippen LogP contribution in [0.3, 0.4) is 0 Å². The fourth-order valence-electron chi connectivity index (χ4n) is 2.47. The lowest BCUT2D eigenvalue weighted by Gasteiger charge is -2.09. The molecule has 4 nitrogen and oxygen atoms in total. The van der Waals surface area contributed by atoms with Crippen LogP contribution in [0.5, 0.6) is 5.75 Å². The Hall–Kier alpha value is -1.29. The second-order valence-corrected chi connectivity index (χ2v) is 5.84. The van der Waals surface area contributed by atoms with Gasteiger partial charge < -0.3 is 15.0 Å². The number of nitrogens with two attached hydrogens (primary N) is 1. The van der Waals surface area contributed by atoms with Gasteiger partial charge in [-0.2, -0.15) is 0 Å². The molecule has 1 heterocycles. The van der Waals surface area contributed by atoms with Crippen molar-refractivity contribution in [2.45, 2.75) is 71.3 Å². The minimum Gasteiger partial charge on any atom is -0.488 e. The number of aryl methyl sites for hydroxylation is 1. The van der Waals surface area contributed by atoms with Crippen molar-refractivity contribution in [1.82, 2.24) is 4.57 Å². The quantitative estimate of drug-likeness (QED) is 0.565. The van der Waals surface area contributed by atoms with E-state index in [9.17, 15) is 4.79 Å². The summed E-state index contributed by atoms with van der Waals surface area (Å²) >= 11 is 0. The van der Waals surface area contributed by atoms with Crippen LogP contribution in [0.2, 0.25) is 0 Å². The summed E-state index contributed by atoms with van der Waals surface area (Å²) in [6.45, 7) is 4.25. The van der Waals surface area contributed by atoms with Crippen LogP contribution in [-0.4, -0.2) is 17.7 Å². The van der Waals surface area contributed by atoms with E-state index in [2.05, 4.69) is 6.92 Å². The maximum Gasteiger partial charge on any atom is 0.292 e. The molecule has 0 saturated heterocycles. The second kappa shape index (κ2) is 12.3. The fraction of sp³-hybridized carbons (Fsp3) is 0.722. The number of rotatable bonds is 13. The third kappa shape index (κ3) is 7.64. The van der Waals surface area contributed by atoms with Crippen molar-refractivity contribution in [1.29, 1.82) is 0 Å². The number of hydrogen-bond acceptors (Lipinski definition) is 3. The van der Waals surface area contributed by atoms with E-state index in [1.165, 1.54) is 38.5 Å². The van der Waals surface area contributed by atoms with E-state index in [-0.39, 0.29) is 5.56 Å². The Balaban J connectivity index is 2.25. The van der Waals surface area contributed by atoms with Crippen molar-refractivity contribution in [2.75, 3.05) is 13.2 Å². The van der Waals surface area contributed by atoms with Crippen molar-refractivity contribution in [3.05, 3.63) is 28.7 Å². The lowest BCUT2D eigenvalue weighted by atomic mass is 10.1. The average Bonchev–Trinajstić information content (AvgIpc) is 2.53. The van der Waals surface area contributed by atoms with E-state index >= 15 is 0 Å². The Labute approximate surface area is 134 Å². The summed E-state index contributed by atoms with van der Waals surface area (Å²) in [6.07, 6.45) is 12.4. The van der Waals surface area contributed by atoms with Crippen LogP contribution in [0, 0.1) is 0 Å². The summed E-state index contributed by atoms with van der Waals surface area (Å²) in [7, 11) is 0. The van der Waals surface area contributed by atoms with Gasteiger partial charge in [-0.05, 0) is 37.9 Å². The van der Waals surface area contributed by atoms with Crippen molar-refractivity contribution < 1.29 is 4.74 Å². The molecule has 0 radical (unpaired) electrons. The van der Waals surface area contributed by atoms with Gasteiger partial charge in [-0.1, -0.05) is 45.4 Å². The molecular formula is C18H32N2O2. The molecule has 0 aliphatic carbocycles. The number of unbranched alkanes of at least 4 members (excludes halogenated alkanes) is 7. The van der Waals surface area contributed by atoms with Gasteiger partial charge >= 0.3 is 0 Å². The topological polar surface area (TPSA) is 57.2 Å². The standard InChI is InChI=1S/C18H32N2O2/c1-2-3-4-5-6-7-10-16-22-17-12-11-15-20(18(17)21)14-9-8-13-19/h11-12,15H,2-10,13-14,16,19H2,1H3. The van der Waals surface area contributed by atoms with Crippen LogP contribution in [0.15, 0.2) is 23.1 Å². The highest BCUT2D eigenvalue weighted by Crippen LogP contribution is 2.08. The molecule has 0 aliphatic rings. The summed E-state index contributed by atoms with van der Waals surface area (Å²) in [6, 6.07) is 3.65. The summed E-state index contributed by atoms with van der Waals surface area (Å²) in [4.78, 5) is 12.2. The molecule has 2 N–H and O–H groups in total. The monoisotopic (exact) mass is 308 g/mol. The van der Waals surface area contributed by atoms with Gasteiger partial charge in [0, 0.05) is 12.7 Å². The molecule has 1 aromatic rings. The summed E-state index contributed by atoms with van der Waals surface area (Å²) in [5.74, 6) is 0.473. The first-order valence-corrected chi connectivity index (χ1v) is 8.82. The van der Waals surface area contributed by atoms with E-state index in [0.717, 1.165) is 19.3 Å². The molecule has 126 valence electrons. The van der Waals surface area contributed by atoms with Crippen LogP contribution in [0.25, 0.3) is 0 Å². The highest BCUT2D eigenvalue weighted by Gasteiger charge is 2.03. The minimum absolute atomic E-state index is 0.0255. The zero-order chi connectivity index (χ0) is 16.0. The molecular weight excluding hydrogens is 276 g/mol. The largest absolute Gasteiger partial charge is 0.488 e. The Kier molecular flexibility index (Phi) is 10.5. The Morgan fingerprint density at radius 3 is 2.50 bits per heavy atom. The normalized spacial score (nSPS) is 10.8. The lowest BCUT2D eigenvalue weighted by Crippen LogP contribution is -2.22. The molecule has 0 spiro atoms. The molecule has 4 heteroatoms. The number of aromatic nitrogens is 1. The SMILES string of the molecule is CCCCCCCCCOc1cccn(CCCCN)c1=O. The average molecular weight is 308 g/mol. The molecule has 22 heavy (non-hydrogen) atoms. The second-order valence-electron chi connectivity index (χ2n) is 5.84. The molecule has 0 atom stereocenters.